The van der Waals surface area contributed by atoms with Crippen molar-refractivity contribution in [3.8, 4) is 11.3 Å². The maximum absolute atomic E-state index is 13.8. The summed E-state index contributed by atoms with van der Waals surface area (Å²) in [5, 5.41) is 0. The number of hydrogen-bond acceptors (Lipinski definition) is 3. The van der Waals surface area contributed by atoms with Crippen molar-refractivity contribution in [1.29, 1.82) is 0 Å². The molecule has 0 amide bonds. The second kappa shape index (κ2) is 4.10. The molecule has 1 aromatic carbocycles. The number of pyridine rings is 1. The van der Waals surface area contributed by atoms with E-state index < -0.39 is 11.6 Å². The zero-order valence-electron chi connectivity index (χ0n) is 9.45. The molecule has 0 N–H and O–H groups in total. The van der Waals surface area contributed by atoms with Crippen molar-refractivity contribution in [3.63, 3.8) is 0 Å². The number of aromatic nitrogens is 2. The normalized spacial score (nSPS) is 11.1. The zero-order chi connectivity index (χ0) is 12.7. The molecule has 0 saturated heterocycles. The fourth-order valence-electron chi connectivity index (χ4n) is 1.85. The Bertz CT molecular complexity index is 737. The zero-order valence-corrected chi connectivity index (χ0v) is 10.3. The monoisotopic (exact) mass is 262 g/mol. The van der Waals surface area contributed by atoms with Crippen LogP contribution in [0.25, 0.3) is 21.6 Å². The van der Waals surface area contributed by atoms with Gasteiger partial charge in [0.2, 0.25) is 0 Å². The Kier molecular flexibility index (Phi) is 2.56. The van der Waals surface area contributed by atoms with E-state index in [1.54, 1.807) is 5.51 Å². The maximum Gasteiger partial charge on any atom is 0.170 e. The lowest BCUT2D eigenvalue weighted by Gasteiger charge is -2.06. The number of aryl methyl sites for hydroxylation is 1. The average Bonchev–Trinajstić information content (AvgIpc) is 2.79. The van der Waals surface area contributed by atoms with Gasteiger partial charge in [-0.25, -0.2) is 18.7 Å². The van der Waals surface area contributed by atoms with Crippen molar-refractivity contribution in [1.82, 2.24) is 9.97 Å². The number of halogens is 2. The highest BCUT2D eigenvalue weighted by Gasteiger charge is 2.14. The minimum absolute atomic E-state index is 0.169. The van der Waals surface area contributed by atoms with Crippen molar-refractivity contribution < 1.29 is 8.78 Å². The Morgan fingerprint density at radius 3 is 2.89 bits per heavy atom. The Morgan fingerprint density at radius 1 is 1.22 bits per heavy atom. The first kappa shape index (κ1) is 11.2. The lowest BCUT2D eigenvalue weighted by molar-refractivity contribution is 0.511. The molecule has 5 heteroatoms. The minimum atomic E-state index is -0.873. The van der Waals surface area contributed by atoms with Gasteiger partial charge >= 0.3 is 0 Å². The Balaban J connectivity index is 2.30. The summed E-state index contributed by atoms with van der Waals surface area (Å²) in [7, 11) is 0. The molecule has 2 nitrogen and oxygen atoms in total. The van der Waals surface area contributed by atoms with E-state index >= 15 is 0 Å². The third-order valence-corrected chi connectivity index (χ3v) is 3.49. The number of nitrogens with zero attached hydrogens (tertiary/aromatic N) is 2. The first-order valence-corrected chi connectivity index (χ1v) is 6.20. The van der Waals surface area contributed by atoms with E-state index in [1.807, 2.05) is 13.0 Å². The molecule has 3 aromatic rings. The Hall–Kier alpha value is -1.88. The molecule has 90 valence electrons. The first-order valence-electron chi connectivity index (χ1n) is 5.32. The average molecular weight is 262 g/mol. The molecule has 18 heavy (non-hydrogen) atoms. The van der Waals surface area contributed by atoms with E-state index in [1.165, 1.54) is 23.5 Å². The van der Waals surface area contributed by atoms with E-state index in [2.05, 4.69) is 9.97 Å². The fourth-order valence-corrected chi connectivity index (χ4v) is 2.57. The third-order valence-electron chi connectivity index (χ3n) is 2.72. The van der Waals surface area contributed by atoms with Gasteiger partial charge in [0, 0.05) is 5.56 Å². The van der Waals surface area contributed by atoms with Crippen LogP contribution < -0.4 is 0 Å². The number of benzene rings is 1. The highest BCUT2D eigenvalue weighted by atomic mass is 32.1. The molecular formula is C13H8F2N2S. The van der Waals surface area contributed by atoms with Crippen LogP contribution in [0.1, 0.15) is 5.56 Å². The summed E-state index contributed by atoms with van der Waals surface area (Å²) in [5.41, 5.74) is 3.65. The number of thiazole rings is 1. The summed E-state index contributed by atoms with van der Waals surface area (Å²) in [5.74, 6) is -1.74. The van der Waals surface area contributed by atoms with Gasteiger partial charge in [0.05, 0.1) is 15.9 Å². The molecule has 3 rings (SSSR count). The predicted molar refractivity (Wildman–Crippen MR) is 67.5 cm³/mol. The van der Waals surface area contributed by atoms with Crippen LogP contribution in [-0.4, -0.2) is 9.97 Å². The molecule has 0 unspecified atom stereocenters. The van der Waals surface area contributed by atoms with E-state index in [0.717, 1.165) is 16.3 Å². The van der Waals surface area contributed by atoms with Crippen LogP contribution >= 0.6 is 11.3 Å². The van der Waals surface area contributed by atoms with Crippen LogP contribution in [0.4, 0.5) is 8.78 Å². The van der Waals surface area contributed by atoms with Crippen molar-refractivity contribution >= 4 is 21.7 Å². The molecule has 0 spiro atoms. The second-order valence-electron chi connectivity index (χ2n) is 3.93. The number of rotatable bonds is 1. The minimum Gasteiger partial charge on any atom is -0.227 e. The van der Waals surface area contributed by atoms with E-state index in [0.29, 0.717) is 11.3 Å². The van der Waals surface area contributed by atoms with E-state index in [4.69, 9.17) is 0 Å². The first-order chi connectivity index (χ1) is 8.66. The summed E-state index contributed by atoms with van der Waals surface area (Å²) >= 11 is 1.47. The van der Waals surface area contributed by atoms with Gasteiger partial charge in [-0.05, 0) is 30.7 Å². The molecule has 2 heterocycles. The number of hydrogen-bond donors (Lipinski definition) is 0. The third kappa shape index (κ3) is 1.67. The second-order valence-corrected chi connectivity index (χ2v) is 4.82. The van der Waals surface area contributed by atoms with Gasteiger partial charge < -0.3 is 0 Å². The summed E-state index contributed by atoms with van der Waals surface area (Å²) in [6.07, 6.45) is 0. The molecule has 0 aliphatic rings. The van der Waals surface area contributed by atoms with E-state index in [-0.39, 0.29) is 5.56 Å². The Morgan fingerprint density at radius 2 is 2.06 bits per heavy atom. The largest absolute Gasteiger partial charge is 0.227 e. The standard InChI is InChI=1S/C13H8F2N2S/c1-7-5-10-13(16-6-18-10)17-12(7)8-3-2-4-9(14)11(8)15/h2-6H,1H3. The lowest BCUT2D eigenvalue weighted by atomic mass is 10.1. The molecular weight excluding hydrogens is 254 g/mol. The fraction of sp³-hybridized carbons (Fsp3) is 0.0769. The summed E-state index contributed by atoms with van der Waals surface area (Å²) in [4.78, 5) is 8.39. The molecule has 0 radical (unpaired) electrons. The van der Waals surface area contributed by atoms with Gasteiger partial charge in [-0.15, -0.1) is 11.3 Å². The lowest BCUT2D eigenvalue weighted by Crippen LogP contribution is -1.94. The van der Waals surface area contributed by atoms with Crippen molar-refractivity contribution in [2.45, 2.75) is 6.92 Å². The highest BCUT2D eigenvalue weighted by molar-refractivity contribution is 7.16. The van der Waals surface area contributed by atoms with Gasteiger partial charge in [-0.1, -0.05) is 6.07 Å². The predicted octanol–water partition coefficient (Wildman–Crippen LogP) is 3.94. The molecule has 0 atom stereocenters. The Labute approximate surface area is 106 Å². The molecule has 0 fully saturated rings. The van der Waals surface area contributed by atoms with Crippen LogP contribution in [0.5, 0.6) is 0 Å². The topological polar surface area (TPSA) is 25.8 Å². The quantitative estimate of drug-likeness (QED) is 0.663. The smallest absolute Gasteiger partial charge is 0.170 e. The van der Waals surface area contributed by atoms with Crippen LogP contribution in [0.2, 0.25) is 0 Å². The molecule has 2 aromatic heterocycles. The van der Waals surface area contributed by atoms with Gasteiger partial charge in [0.1, 0.15) is 0 Å². The maximum atomic E-state index is 13.8. The van der Waals surface area contributed by atoms with Gasteiger partial charge in [0.25, 0.3) is 0 Å². The van der Waals surface area contributed by atoms with Gasteiger partial charge in [-0.3, -0.25) is 0 Å². The van der Waals surface area contributed by atoms with Crippen molar-refractivity contribution in [2.75, 3.05) is 0 Å². The molecule has 0 bridgehead atoms. The van der Waals surface area contributed by atoms with E-state index in [9.17, 15) is 8.78 Å². The molecule has 0 aliphatic carbocycles. The van der Waals surface area contributed by atoms with Crippen LogP contribution in [0.15, 0.2) is 29.8 Å². The van der Waals surface area contributed by atoms with Gasteiger partial charge in [0.15, 0.2) is 17.3 Å². The highest BCUT2D eigenvalue weighted by Crippen LogP contribution is 2.29. The van der Waals surface area contributed by atoms with Crippen LogP contribution in [0, 0.1) is 18.6 Å². The summed E-state index contributed by atoms with van der Waals surface area (Å²) < 4.78 is 27.9. The van der Waals surface area contributed by atoms with Gasteiger partial charge in [-0.2, -0.15) is 0 Å². The van der Waals surface area contributed by atoms with Crippen LogP contribution in [-0.2, 0) is 0 Å². The molecule has 0 aliphatic heterocycles. The van der Waals surface area contributed by atoms with Crippen molar-refractivity contribution in [3.05, 3.63) is 47.0 Å². The number of fused-ring (bicyclic) bond motifs is 1. The van der Waals surface area contributed by atoms with Crippen molar-refractivity contribution in [2.24, 2.45) is 0 Å². The summed E-state index contributed by atoms with van der Waals surface area (Å²) in [6, 6.07) is 5.97. The van der Waals surface area contributed by atoms with Crippen LogP contribution in [0.3, 0.4) is 0 Å². The SMILES string of the molecule is Cc1cc2scnc2nc1-c1cccc(F)c1F. The summed E-state index contributed by atoms with van der Waals surface area (Å²) in [6.45, 7) is 1.83. The molecule has 0 saturated carbocycles.